The molecule has 0 spiro atoms. The number of aryl methyl sites for hydroxylation is 2. The van der Waals surface area contributed by atoms with Crippen LogP contribution in [0.3, 0.4) is 0 Å². The summed E-state index contributed by atoms with van der Waals surface area (Å²) in [5.74, 6) is 0. The maximum Gasteiger partial charge on any atom is 0.113 e. The number of ether oxygens (including phenoxy) is 1. The lowest BCUT2D eigenvalue weighted by molar-refractivity contribution is 0.0295. The Bertz CT molecular complexity index is 416. The van der Waals surface area contributed by atoms with Crippen LogP contribution in [0.5, 0.6) is 0 Å². The van der Waals surface area contributed by atoms with Crippen LogP contribution in [-0.2, 0) is 11.2 Å². The SMILES string of the molecule is CCc1nc(C(NC(C)C)C2CCC(C)O2)sc1C. The molecule has 3 unspecified atom stereocenters. The van der Waals surface area contributed by atoms with Crippen LogP contribution in [0.25, 0.3) is 0 Å². The van der Waals surface area contributed by atoms with Crippen molar-refractivity contribution in [2.75, 3.05) is 0 Å². The Balaban J connectivity index is 2.20. The van der Waals surface area contributed by atoms with Crippen molar-refractivity contribution in [1.29, 1.82) is 0 Å². The standard InChI is InChI=1S/C15H26N2OS/c1-6-12-11(5)19-15(17-12)14(16-9(2)3)13-8-7-10(4)18-13/h9-10,13-14,16H,6-8H2,1-5H3. The minimum Gasteiger partial charge on any atom is -0.373 e. The predicted molar refractivity (Wildman–Crippen MR) is 80.8 cm³/mol. The zero-order valence-corrected chi connectivity index (χ0v) is 13.5. The van der Waals surface area contributed by atoms with E-state index in [0.29, 0.717) is 12.1 Å². The fourth-order valence-electron chi connectivity index (χ4n) is 2.69. The second-order valence-electron chi connectivity index (χ2n) is 5.77. The second-order valence-corrected chi connectivity index (χ2v) is 7.00. The number of hydrogen-bond donors (Lipinski definition) is 1. The van der Waals surface area contributed by atoms with Crippen molar-refractivity contribution in [3.05, 3.63) is 15.6 Å². The Morgan fingerprint density at radius 3 is 2.63 bits per heavy atom. The van der Waals surface area contributed by atoms with Crippen LogP contribution >= 0.6 is 11.3 Å². The fourth-order valence-corrected chi connectivity index (χ4v) is 3.81. The number of thiazole rings is 1. The van der Waals surface area contributed by atoms with Gasteiger partial charge < -0.3 is 10.1 Å². The van der Waals surface area contributed by atoms with Crippen molar-refractivity contribution >= 4 is 11.3 Å². The van der Waals surface area contributed by atoms with Crippen molar-refractivity contribution in [1.82, 2.24) is 10.3 Å². The van der Waals surface area contributed by atoms with Crippen LogP contribution in [0.4, 0.5) is 0 Å². The molecule has 3 nitrogen and oxygen atoms in total. The van der Waals surface area contributed by atoms with Gasteiger partial charge in [0.05, 0.1) is 23.9 Å². The van der Waals surface area contributed by atoms with Gasteiger partial charge in [-0.15, -0.1) is 11.3 Å². The Morgan fingerprint density at radius 1 is 1.42 bits per heavy atom. The van der Waals surface area contributed by atoms with Crippen molar-refractivity contribution in [2.24, 2.45) is 0 Å². The highest BCUT2D eigenvalue weighted by Gasteiger charge is 2.33. The Hall–Kier alpha value is -0.450. The van der Waals surface area contributed by atoms with Crippen LogP contribution < -0.4 is 5.32 Å². The molecule has 1 aromatic rings. The Labute approximate surface area is 120 Å². The van der Waals surface area contributed by atoms with E-state index in [2.05, 4.69) is 39.9 Å². The van der Waals surface area contributed by atoms with Gasteiger partial charge >= 0.3 is 0 Å². The van der Waals surface area contributed by atoms with E-state index in [1.165, 1.54) is 15.6 Å². The molecule has 0 aromatic carbocycles. The molecular weight excluding hydrogens is 256 g/mol. The lowest BCUT2D eigenvalue weighted by Gasteiger charge is -2.25. The second kappa shape index (κ2) is 6.33. The van der Waals surface area contributed by atoms with Crippen molar-refractivity contribution in [3.8, 4) is 0 Å². The summed E-state index contributed by atoms with van der Waals surface area (Å²) >= 11 is 1.82. The molecule has 0 aliphatic carbocycles. The van der Waals surface area contributed by atoms with Crippen LogP contribution in [0.2, 0.25) is 0 Å². The predicted octanol–water partition coefficient (Wildman–Crippen LogP) is 3.62. The molecule has 1 aromatic heterocycles. The Morgan fingerprint density at radius 2 is 2.16 bits per heavy atom. The summed E-state index contributed by atoms with van der Waals surface area (Å²) in [6, 6.07) is 0.688. The zero-order valence-electron chi connectivity index (χ0n) is 12.7. The third-order valence-corrected chi connectivity index (χ3v) is 4.76. The van der Waals surface area contributed by atoms with E-state index < -0.39 is 0 Å². The van der Waals surface area contributed by atoms with Crippen LogP contribution in [0, 0.1) is 6.92 Å². The van der Waals surface area contributed by atoms with E-state index in [0.717, 1.165) is 19.3 Å². The van der Waals surface area contributed by atoms with Crippen LogP contribution in [0.15, 0.2) is 0 Å². The van der Waals surface area contributed by atoms with Crippen molar-refractivity contribution in [3.63, 3.8) is 0 Å². The average molecular weight is 282 g/mol. The van der Waals surface area contributed by atoms with Crippen LogP contribution in [-0.4, -0.2) is 23.2 Å². The number of nitrogens with zero attached hydrogens (tertiary/aromatic N) is 1. The molecular formula is C15H26N2OS. The number of nitrogens with one attached hydrogen (secondary N) is 1. The maximum absolute atomic E-state index is 6.07. The molecule has 19 heavy (non-hydrogen) atoms. The monoisotopic (exact) mass is 282 g/mol. The van der Waals surface area contributed by atoms with Crippen molar-refractivity contribution < 1.29 is 4.74 Å². The summed E-state index contributed by atoms with van der Waals surface area (Å²) in [6.45, 7) is 10.9. The first-order valence-corrected chi connectivity index (χ1v) is 8.20. The maximum atomic E-state index is 6.07. The quantitative estimate of drug-likeness (QED) is 0.895. The molecule has 1 N–H and O–H groups in total. The van der Waals surface area contributed by atoms with Gasteiger partial charge in [0.25, 0.3) is 0 Å². The summed E-state index contributed by atoms with van der Waals surface area (Å²) in [5.41, 5.74) is 1.24. The first kappa shape index (κ1) is 14.9. The lowest BCUT2D eigenvalue weighted by Crippen LogP contribution is -2.36. The molecule has 1 fully saturated rings. The number of aromatic nitrogens is 1. The molecule has 4 heteroatoms. The molecule has 1 saturated heterocycles. The molecule has 2 heterocycles. The highest BCUT2D eigenvalue weighted by Crippen LogP contribution is 2.33. The molecule has 0 radical (unpaired) electrons. The minimum atomic E-state index is 0.244. The highest BCUT2D eigenvalue weighted by molar-refractivity contribution is 7.11. The smallest absolute Gasteiger partial charge is 0.113 e. The molecule has 2 rings (SSSR count). The summed E-state index contributed by atoms with van der Waals surface area (Å²) in [7, 11) is 0. The van der Waals surface area contributed by atoms with Crippen LogP contribution in [0.1, 0.15) is 62.2 Å². The normalized spacial score (nSPS) is 25.2. The summed E-state index contributed by atoms with van der Waals surface area (Å²) < 4.78 is 6.07. The Kier molecular flexibility index (Phi) is 4.98. The summed E-state index contributed by atoms with van der Waals surface area (Å²) in [5, 5.41) is 4.84. The van der Waals surface area contributed by atoms with E-state index in [1.807, 2.05) is 11.3 Å². The third-order valence-electron chi connectivity index (χ3n) is 3.66. The van der Waals surface area contributed by atoms with Gasteiger partial charge in [-0.3, -0.25) is 0 Å². The minimum absolute atomic E-state index is 0.244. The number of rotatable bonds is 5. The summed E-state index contributed by atoms with van der Waals surface area (Å²) in [6.07, 6.45) is 3.96. The zero-order chi connectivity index (χ0) is 14.0. The third kappa shape index (κ3) is 3.56. The van der Waals surface area contributed by atoms with E-state index in [4.69, 9.17) is 9.72 Å². The van der Waals surface area contributed by atoms with E-state index in [-0.39, 0.29) is 12.1 Å². The molecule has 108 valence electrons. The van der Waals surface area contributed by atoms with Gasteiger partial charge in [0, 0.05) is 10.9 Å². The van der Waals surface area contributed by atoms with E-state index in [9.17, 15) is 0 Å². The largest absolute Gasteiger partial charge is 0.373 e. The van der Waals surface area contributed by atoms with E-state index >= 15 is 0 Å². The van der Waals surface area contributed by atoms with Gasteiger partial charge in [0.1, 0.15) is 5.01 Å². The molecule has 0 bridgehead atoms. The molecule has 1 aliphatic rings. The first-order valence-electron chi connectivity index (χ1n) is 7.39. The molecule has 3 atom stereocenters. The average Bonchev–Trinajstić information content (AvgIpc) is 2.92. The van der Waals surface area contributed by atoms with Crippen molar-refractivity contribution in [2.45, 2.75) is 78.2 Å². The molecule has 1 aliphatic heterocycles. The molecule has 0 saturated carbocycles. The first-order chi connectivity index (χ1) is 9.01. The lowest BCUT2D eigenvalue weighted by atomic mass is 10.1. The number of hydrogen-bond acceptors (Lipinski definition) is 4. The topological polar surface area (TPSA) is 34.2 Å². The summed E-state index contributed by atoms with van der Waals surface area (Å²) in [4.78, 5) is 6.17. The van der Waals surface area contributed by atoms with Gasteiger partial charge in [0.15, 0.2) is 0 Å². The van der Waals surface area contributed by atoms with Gasteiger partial charge in [-0.25, -0.2) is 4.98 Å². The van der Waals surface area contributed by atoms with E-state index in [1.54, 1.807) is 0 Å². The van der Waals surface area contributed by atoms with Gasteiger partial charge in [-0.2, -0.15) is 0 Å². The van der Waals surface area contributed by atoms with Gasteiger partial charge in [-0.1, -0.05) is 20.8 Å². The van der Waals surface area contributed by atoms with Gasteiger partial charge in [0.2, 0.25) is 0 Å². The highest BCUT2D eigenvalue weighted by atomic mass is 32.1. The fraction of sp³-hybridized carbons (Fsp3) is 0.800. The van der Waals surface area contributed by atoms with Gasteiger partial charge in [-0.05, 0) is 33.1 Å². The molecule has 0 amide bonds.